The molecule has 0 bridgehead atoms. The summed E-state index contributed by atoms with van der Waals surface area (Å²) in [5, 5.41) is 22.0. The number of hydrogen-bond acceptors (Lipinski definition) is 9. The molecule has 0 spiro atoms. The summed E-state index contributed by atoms with van der Waals surface area (Å²) in [5.41, 5.74) is 5.49. The maximum atomic E-state index is 12.7. The molecule has 33 heavy (non-hydrogen) atoms. The van der Waals surface area contributed by atoms with E-state index in [1.54, 1.807) is 6.08 Å². The number of carbonyl (C=O) groups excluding carboxylic acids is 2. The third-order valence-electron chi connectivity index (χ3n) is 4.54. The number of rotatable bonds is 8. The van der Waals surface area contributed by atoms with E-state index in [0.29, 0.717) is 9.23 Å². The molecule has 1 heterocycles. The minimum Gasteiger partial charge on any atom is -0.292 e. The van der Waals surface area contributed by atoms with Crippen molar-refractivity contribution in [2.75, 3.05) is 12.0 Å². The number of hydrogen-bond donors (Lipinski definition) is 2. The molecule has 2 N–H and O–H groups in total. The van der Waals surface area contributed by atoms with Crippen molar-refractivity contribution >= 4 is 63.3 Å². The molecule has 1 saturated heterocycles. The Morgan fingerprint density at radius 3 is 2.48 bits per heavy atom. The number of thioether (sulfide) groups is 1. The van der Waals surface area contributed by atoms with Crippen molar-refractivity contribution in [3.8, 4) is 0 Å². The fourth-order valence-electron chi connectivity index (χ4n) is 2.81. The Kier molecular flexibility index (Phi) is 7.35. The third-order valence-corrected chi connectivity index (χ3v) is 5.91. The number of nitrogens with zero attached hydrogens (tertiary/aromatic N) is 3. The average molecular weight is 488 g/mol. The van der Waals surface area contributed by atoms with Crippen LogP contribution in [0.15, 0.2) is 47.4 Å². The van der Waals surface area contributed by atoms with Crippen LogP contribution >= 0.6 is 24.0 Å². The highest BCUT2D eigenvalue weighted by atomic mass is 32.2. The first-order valence-electron chi connectivity index (χ1n) is 9.45. The summed E-state index contributed by atoms with van der Waals surface area (Å²) in [6.45, 7) is 1.98. The summed E-state index contributed by atoms with van der Waals surface area (Å²) >= 11 is 6.40. The van der Waals surface area contributed by atoms with Gasteiger partial charge >= 0.3 is 5.69 Å². The maximum absolute atomic E-state index is 12.7. The molecule has 3 rings (SSSR count). The van der Waals surface area contributed by atoms with Gasteiger partial charge in [-0.3, -0.25) is 45.6 Å². The smallest absolute Gasteiger partial charge is 0.292 e. The summed E-state index contributed by atoms with van der Waals surface area (Å²) < 4.78 is 0.324. The lowest BCUT2D eigenvalue weighted by Gasteiger charge is -2.14. The number of nitro benzene ring substituents is 2. The van der Waals surface area contributed by atoms with Gasteiger partial charge in [-0.15, -0.1) is 0 Å². The number of thiocarbonyl (C=S) groups is 1. The number of nitrogens with one attached hydrogen (secondary N) is 2. The summed E-state index contributed by atoms with van der Waals surface area (Å²) in [5.74, 6) is -0.864. The topological polar surface area (TPSA) is 148 Å². The Morgan fingerprint density at radius 2 is 1.85 bits per heavy atom. The van der Waals surface area contributed by atoms with Crippen LogP contribution in [-0.2, 0) is 9.59 Å². The molecule has 1 aliphatic heterocycles. The van der Waals surface area contributed by atoms with E-state index in [2.05, 4.69) is 10.9 Å². The lowest BCUT2D eigenvalue weighted by Crippen LogP contribution is -2.35. The number of aryl methyl sites for hydroxylation is 1. The van der Waals surface area contributed by atoms with Crippen LogP contribution in [0.1, 0.15) is 17.5 Å². The van der Waals surface area contributed by atoms with Gasteiger partial charge in [-0.1, -0.05) is 53.8 Å². The summed E-state index contributed by atoms with van der Waals surface area (Å²) in [7, 11) is 0. The lowest BCUT2D eigenvalue weighted by atomic mass is 10.1. The molecule has 0 saturated carbocycles. The quantitative estimate of drug-likeness (QED) is 0.247. The summed E-state index contributed by atoms with van der Waals surface area (Å²) in [6, 6.07) is 10.6. The first-order valence-corrected chi connectivity index (χ1v) is 10.7. The third kappa shape index (κ3) is 5.90. The number of carbonyl (C=O) groups is 2. The number of anilines is 1. The van der Waals surface area contributed by atoms with Crippen LogP contribution in [0.3, 0.4) is 0 Å². The molecule has 1 aliphatic rings. The molecule has 13 heteroatoms. The van der Waals surface area contributed by atoms with Gasteiger partial charge < -0.3 is 0 Å². The maximum Gasteiger partial charge on any atom is 0.300 e. The minimum atomic E-state index is -0.804. The lowest BCUT2D eigenvalue weighted by molar-refractivity contribution is -0.393. The van der Waals surface area contributed by atoms with E-state index >= 15 is 0 Å². The van der Waals surface area contributed by atoms with Gasteiger partial charge in [0.2, 0.25) is 5.91 Å². The van der Waals surface area contributed by atoms with Crippen LogP contribution < -0.4 is 10.9 Å². The molecule has 0 atom stereocenters. The molecule has 11 nitrogen and oxygen atoms in total. The van der Waals surface area contributed by atoms with Gasteiger partial charge in [-0.2, -0.15) is 0 Å². The highest BCUT2D eigenvalue weighted by Crippen LogP contribution is 2.32. The van der Waals surface area contributed by atoms with Crippen molar-refractivity contribution in [2.45, 2.75) is 13.3 Å². The SMILES string of the molecule is Cc1ccc(/C=C2\SC(=S)N(CCC(=O)NNc3ccc([N+](=O)[O-])cc3[N+](=O)[O-])C2=O)cc1. The van der Waals surface area contributed by atoms with Crippen LogP contribution in [0.5, 0.6) is 0 Å². The zero-order valence-electron chi connectivity index (χ0n) is 17.1. The van der Waals surface area contributed by atoms with Gasteiger partial charge in [0.25, 0.3) is 11.6 Å². The molecule has 0 aliphatic carbocycles. The zero-order valence-corrected chi connectivity index (χ0v) is 18.8. The fraction of sp³-hybridized carbons (Fsp3) is 0.150. The highest BCUT2D eigenvalue weighted by molar-refractivity contribution is 8.26. The van der Waals surface area contributed by atoms with Crippen molar-refractivity contribution in [1.29, 1.82) is 0 Å². The Bertz CT molecular complexity index is 1180. The Morgan fingerprint density at radius 1 is 1.15 bits per heavy atom. The monoisotopic (exact) mass is 487 g/mol. The van der Waals surface area contributed by atoms with E-state index in [-0.39, 0.29) is 24.6 Å². The van der Waals surface area contributed by atoms with Gasteiger partial charge in [0.1, 0.15) is 10.0 Å². The second-order valence-corrected chi connectivity index (χ2v) is 8.56. The Hall–Kier alpha value is -3.84. The Balaban J connectivity index is 1.58. The second-order valence-electron chi connectivity index (χ2n) is 6.88. The number of non-ortho nitro benzene ring substituents is 1. The number of benzene rings is 2. The molecule has 170 valence electrons. The van der Waals surface area contributed by atoms with Crippen LogP contribution in [-0.4, -0.2) is 37.4 Å². The van der Waals surface area contributed by atoms with E-state index in [4.69, 9.17) is 12.2 Å². The molecule has 0 radical (unpaired) electrons. The number of nitro groups is 2. The van der Waals surface area contributed by atoms with Gasteiger partial charge in [0.05, 0.1) is 20.8 Å². The van der Waals surface area contributed by atoms with Gasteiger partial charge in [-0.25, -0.2) is 0 Å². The van der Waals surface area contributed by atoms with Gasteiger partial charge in [-0.05, 0) is 24.6 Å². The molecule has 0 unspecified atom stereocenters. The summed E-state index contributed by atoms with van der Waals surface area (Å²) in [6.07, 6.45) is 1.60. The predicted molar refractivity (Wildman–Crippen MR) is 127 cm³/mol. The first kappa shape index (κ1) is 23.8. The van der Waals surface area contributed by atoms with E-state index in [1.165, 1.54) is 4.90 Å². The van der Waals surface area contributed by atoms with Crippen LogP contribution in [0, 0.1) is 27.2 Å². The first-order chi connectivity index (χ1) is 15.7. The van der Waals surface area contributed by atoms with Gasteiger partial charge in [0, 0.05) is 19.0 Å². The molecular weight excluding hydrogens is 470 g/mol. The van der Waals surface area contributed by atoms with Crippen molar-refractivity contribution in [1.82, 2.24) is 10.3 Å². The van der Waals surface area contributed by atoms with Crippen molar-refractivity contribution in [2.24, 2.45) is 0 Å². The van der Waals surface area contributed by atoms with Crippen LogP contribution in [0.4, 0.5) is 17.1 Å². The zero-order chi connectivity index (χ0) is 24.1. The number of amides is 2. The molecular formula is C20H17N5O6S2. The molecule has 2 aromatic rings. The van der Waals surface area contributed by atoms with Crippen LogP contribution in [0.2, 0.25) is 0 Å². The van der Waals surface area contributed by atoms with E-state index in [9.17, 15) is 29.8 Å². The van der Waals surface area contributed by atoms with Crippen molar-refractivity contribution in [3.63, 3.8) is 0 Å². The van der Waals surface area contributed by atoms with E-state index in [0.717, 1.165) is 41.1 Å². The second kappa shape index (κ2) is 10.2. The molecule has 0 aromatic heterocycles. The largest absolute Gasteiger partial charge is 0.300 e. The van der Waals surface area contributed by atoms with Crippen LogP contribution in [0.25, 0.3) is 6.08 Å². The normalized spacial score (nSPS) is 14.5. The van der Waals surface area contributed by atoms with E-state index < -0.39 is 27.1 Å². The predicted octanol–water partition coefficient (Wildman–Crippen LogP) is 3.55. The highest BCUT2D eigenvalue weighted by Gasteiger charge is 2.32. The molecule has 1 fully saturated rings. The molecule has 2 aromatic carbocycles. The average Bonchev–Trinajstić information content (AvgIpc) is 3.04. The Labute approximate surface area is 197 Å². The summed E-state index contributed by atoms with van der Waals surface area (Å²) in [4.78, 5) is 47.0. The van der Waals surface area contributed by atoms with Crippen molar-refractivity contribution in [3.05, 3.63) is 78.7 Å². The number of hydrazine groups is 1. The van der Waals surface area contributed by atoms with Crippen molar-refractivity contribution < 1.29 is 19.4 Å². The minimum absolute atomic E-state index is 0.0196. The van der Waals surface area contributed by atoms with E-state index in [1.807, 2.05) is 31.2 Å². The standard InChI is InChI=1S/C20H17N5O6S2/c1-12-2-4-13(5-3-12)10-17-19(27)23(20(32)33-17)9-8-18(26)22-21-15-7-6-14(24(28)29)11-16(15)25(30)31/h2-7,10-11,21H,8-9H2,1H3,(H,22,26)/b17-10-. The fourth-order valence-corrected chi connectivity index (χ4v) is 4.12. The van der Waals surface area contributed by atoms with Gasteiger partial charge in [0.15, 0.2) is 0 Å². The molecule has 2 amide bonds.